The third-order valence-electron chi connectivity index (χ3n) is 2.71. The Labute approximate surface area is 121 Å². The number of nitrogens with one attached hydrogen (secondary N) is 1. The van der Waals surface area contributed by atoms with E-state index >= 15 is 0 Å². The highest BCUT2D eigenvalue weighted by atomic mass is 35.5. The zero-order valence-corrected chi connectivity index (χ0v) is 11.5. The Kier molecular flexibility index (Phi) is 3.96. The summed E-state index contributed by atoms with van der Waals surface area (Å²) in [5.41, 5.74) is 11.4. The van der Waals surface area contributed by atoms with Gasteiger partial charge in [0.25, 0.3) is 5.91 Å². The molecule has 5 N–H and O–H groups in total. The van der Waals surface area contributed by atoms with Crippen molar-refractivity contribution in [3.8, 4) is 0 Å². The molecular formula is C13H13Cl2N3O. The maximum Gasteiger partial charge on any atom is 0.255 e. The van der Waals surface area contributed by atoms with E-state index in [2.05, 4.69) is 5.32 Å². The van der Waals surface area contributed by atoms with Gasteiger partial charge in [0.2, 0.25) is 0 Å². The summed E-state index contributed by atoms with van der Waals surface area (Å²) in [6.07, 6.45) is 5.25. The smallest absolute Gasteiger partial charge is 0.255 e. The Morgan fingerprint density at radius 3 is 2.42 bits per heavy atom. The quantitative estimate of drug-likeness (QED) is 0.733. The molecule has 0 saturated heterocycles. The van der Waals surface area contributed by atoms with E-state index in [-0.39, 0.29) is 5.91 Å². The fourth-order valence-corrected chi connectivity index (χ4v) is 2.13. The minimum atomic E-state index is -0.897. The molecule has 0 radical (unpaired) electrons. The Hall–Kier alpha value is -1.33. The van der Waals surface area contributed by atoms with Gasteiger partial charge in [-0.3, -0.25) is 4.79 Å². The van der Waals surface area contributed by atoms with E-state index < -0.39 is 5.66 Å². The first-order chi connectivity index (χ1) is 8.89. The van der Waals surface area contributed by atoms with Crippen LogP contribution in [0.1, 0.15) is 6.42 Å². The number of hydrogen-bond acceptors (Lipinski definition) is 3. The van der Waals surface area contributed by atoms with Gasteiger partial charge in [-0.05, 0) is 18.2 Å². The SMILES string of the molecule is NC1(N)C=CC(C(=O)Nc2c(Cl)cccc2Cl)=CC1. The average molecular weight is 298 g/mol. The van der Waals surface area contributed by atoms with Crippen molar-refractivity contribution in [2.24, 2.45) is 11.5 Å². The van der Waals surface area contributed by atoms with Crippen molar-refractivity contribution in [3.05, 3.63) is 52.0 Å². The van der Waals surface area contributed by atoms with Crippen LogP contribution in [0.2, 0.25) is 10.0 Å². The van der Waals surface area contributed by atoms with E-state index in [0.29, 0.717) is 27.7 Å². The first-order valence-corrected chi connectivity index (χ1v) is 6.37. The van der Waals surface area contributed by atoms with Crippen LogP contribution >= 0.6 is 23.2 Å². The van der Waals surface area contributed by atoms with Crippen LogP contribution in [0, 0.1) is 0 Å². The Morgan fingerprint density at radius 1 is 1.26 bits per heavy atom. The first kappa shape index (κ1) is 14.1. The molecule has 1 aliphatic rings. The monoisotopic (exact) mass is 297 g/mol. The normalized spacial score (nSPS) is 16.9. The maximum atomic E-state index is 12.1. The third-order valence-corrected chi connectivity index (χ3v) is 3.34. The summed E-state index contributed by atoms with van der Waals surface area (Å²) in [7, 11) is 0. The van der Waals surface area contributed by atoms with Crippen LogP contribution in [0.5, 0.6) is 0 Å². The van der Waals surface area contributed by atoms with Crippen molar-refractivity contribution in [1.82, 2.24) is 0 Å². The Balaban J connectivity index is 2.15. The molecule has 4 nitrogen and oxygen atoms in total. The van der Waals surface area contributed by atoms with Gasteiger partial charge in [-0.25, -0.2) is 0 Å². The standard InChI is InChI=1S/C13H13Cl2N3O/c14-9-2-1-3-10(15)11(9)18-12(19)8-4-6-13(16,17)7-5-8/h1-6H,7,16-17H2,(H,18,19). The summed E-state index contributed by atoms with van der Waals surface area (Å²) >= 11 is 12.0. The lowest BCUT2D eigenvalue weighted by molar-refractivity contribution is -0.112. The van der Waals surface area contributed by atoms with E-state index in [0.717, 1.165) is 0 Å². The van der Waals surface area contributed by atoms with Gasteiger partial charge in [0, 0.05) is 12.0 Å². The van der Waals surface area contributed by atoms with E-state index in [4.69, 9.17) is 34.7 Å². The molecule has 0 spiro atoms. The molecule has 19 heavy (non-hydrogen) atoms. The van der Waals surface area contributed by atoms with Gasteiger partial charge in [0.05, 0.1) is 21.4 Å². The molecule has 0 atom stereocenters. The van der Waals surface area contributed by atoms with Gasteiger partial charge in [-0.2, -0.15) is 0 Å². The second-order valence-electron chi connectivity index (χ2n) is 4.36. The number of para-hydroxylation sites is 1. The number of benzene rings is 1. The van der Waals surface area contributed by atoms with Gasteiger partial charge in [-0.15, -0.1) is 0 Å². The average Bonchev–Trinajstić information content (AvgIpc) is 2.33. The number of nitrogens with two attached hydrogens (primary N) is 2. The number of carbonyl (C=O) groups excluding carboxylic acids is 1. The van der Waals surface area contributed by atoms with Crippen LogP contribution in [0.25, 0.3) is 0 Å². The summed E-state index contributed by atoms with van der Waals surface area (Å²) in [5.74, 6) is -0.304. The molecule has 2 rings (SSSR count). The molecule has 1 aromatic rings. The van der Waals surface area contributed by atoms with Gasteiger partial charge in [-0.1, -0.05) is 41.4 Å². The van der Waals surface area contributed by atoms with E-state index in [1.54, 1.807) is 36.4 Å². The van der Waals surface area contributed by atoms with Crippen molar-refractivity contribution < 1.29 is 4.79 Å². The minimum absolute atomic E-state index is 0.304. The summed E-state index contributed by atoms with van der Waals surface area (Å²) in [4.78, 5) is 12.1. The van der Waals surface area contributed by atoms with E-state index in [1.165, 1.54) is 0 Å². The second-order valence-corrected chi connectivity index (χ2v) is 5.17. The third kappa shape index (κ3) is 3.36. The van der Waals surface area contributed by atoms with Crippen LogP contribution in [-0.4, -0.2) is 11.6 Å². The van der Waals surface area contributed by atoms with E-state index in [9.17, 15) is 4.79 Å². The van der Waals surface area contributed by atoms with Crippen LogP contribution in [0.15, 0.2) is 42.0 Å². The maximum absolute atomic E-state index is 12.1. The Bertz CT molecular complexity index is 559. The summed E-state index contributed by atoms with van der Waals surface area (Å²) < 4.78 is 0. The molecule has 0 fully saturated rings. The van der Waals surface area contributed by atoms with Crippen molar-refractivity contribution >= 4 is 34.8 Å². The zero-order chi connectivity index (χ0) is 14.0. The topological polar surface area (TPSA) is 81.1 Å². The number of halogens is 2. The molecule has 1 amide bonds. The molecule has 0 heterocycles. The van der Waals surface area contributed by atoms with Gasteiger partial charge in [0.15, 0.2) is 0 Å². The molecular weight excluding hydrogens is 285 g/mol. The largest absolute Gasteiger partial charge is 0.319 e. The highest BCUT2D eigenvalue weighted by Gasteiger charge is 2.20. The van der Waals surface area contributed by atoms with Crippen LogP contribution in [0.4, 0.5) is 5.69 Å². The lowest BCUT2D eigenvalue weighted by atomic mass is 9.98. The number of amides is 1. The lowest BCUT2D eigenvalue weighted by Gasteiger charge is -2.22. The highest BCUT2D eigenvalue weighted by molar-refractivity contribution is 6.40. The minimum Gasteiger partial charge on any atom is -0.319 e. The van der Waals surface area contributed by atoms with Crippen LogP contribution < -0.4 is 16.8 Å². The predicted octanol–water partition coefficient (Wildman–Crippen LogP) is 2.43. The lowest BCUT2D eigenvalue weighted by Crippen LogP contribution is -2.47. The molecule has 0 saturated carbocycles. The number of rotatable bonds is 2. The molecule has 1 aromatic carbocycles. The van der Waals surface area contributed by atoms with Gasteiger partial charge in [0.1, 0.15) is 0 Å². The van der Waals surface area contributed by atoms with Crippen molar-refractivity contribution in [2.45, 2.75) is 12.1 Å². The van der Waals surface area contributed by atoms with Crippen LogP contribution in [-0.2, 0) is 4.79 Å². The molecule has 0 bridgehead atoms. The Morgan fingerprint density at radius 2 is 1.89 bits per heavy atom. The van der Waals surface area contributed by atoms with Gasteiger partial charge >= 0.3 is 0 Å². The molecule has 0 aromatic heterocycles. The second kappa shape index (κ2) is 5.35. The van der Waals surface area contributed by atoms with Gasteiger partial charge < -0.3 is 16.8 Å². The van der Waals surface area contributed by atoms with Crippen molar-refractivity contribution in [2.75, 3.05) is 5.32 Å². The fourth-order valence-electron chi connectivity index (χ4n) is 1.64. The van der Waals surface area contributed by atoms with E-state index in [1.807, 2.05) is 0 Å². The fraction of sp³-hybridized carbons (Fsp3) is 0.154. The number of carbonyl (C=O) groups is 1. The van der Waals surface area contributed by atoms with Crippen molar-refractivity contribution in [3.63, 3.8) is 0 Å². The summed E-state index contributed by atoms with van der Waals surface area (Å²) in [5, 5.41) is 3.44. The molecule has 100 valence electrons. The van der Waals surface area contributed by atoms with Crippen LogP contribution in [0.3, 0.4) is 0 Å². The summed E-state index contributed by atoms with van der Waals surface area (Å²) in [6.45, 7) is 0. The number of anilines is 1. The molecule has 6 heteroatoms. The zero-order valence-electron chi connectivity index (χ0n) is 9.99. The van der Waals surface area contributed by atoms with Crippen molar-refractivity contribution in [1.29, 1.82) is 0 Å². The summed E-state index contributed by atoms with van der Waals surface area (Å²) in [6, 6.07) is 5.01. The molecule has 1 aliphatic carbocycles. The molecule has 0 unspecified atom stereocenters. The highest BCUT2D eigenvalue weighted by Crippen LogP contribution is 2.30. The first-order valence-electron chi connectivity index (χ1n) is 5.61. The number of hydrogen-bond donors (Lipinski definition) is 3. The predicted molar refractivity (Wildman–Crippen MR) is 78.0 cm³/mol. The molecule has 0 aliphatic heterocycles.